The molecule has 11 aromatic rings. The molecule has 0 aliphatic heterocycles. The molecule has 5 nitrogen and oxygen atoms in total. The number of fused-ring (bicyclic) bond motifs is 7. The van der Waals surface area contributed by atoms with Gasteiger partial charge in [-0.15, -0.1) is 23.8 Å². The number of benzene rings is 8. The fourth-order valence-electron chi connectivity index (χ4n) is 9.92. The number of imidazole rings is 1. The van der Waals surface area contributed by atoms with Gasteiger partial charge in [0.05, 0.1) is 28.0 Å². The van der Waals surface area contributed by atoms with Crippen LogP contribution in [0.4, 0.5) is 0 Å². The van der Waals surface area contributed by atoms with Crippen molar-refractivity contribution in [1.29, 1.82) is 0 Å². The molecule has 0 unspecified atom stereocenters. The summed E-state index contributed by atoms with van der Waals surface area (Å²) in [5.41, 5.74) is 19.8. The Morgan fingerprint density at radius 3 is 1.98 bits per heavy atom. The van der Waals surface area contributed by atoms with Crippen molar-refractivity contribution in [3.05, 3.63) is 204 Å². The van der Waals surface area contributed by atoms with E-state index in [1.54, 1.807) is 6.07 Å². The van der Waals surface area contributed by atoms with Gasteiger partial charge in [-0.25, -0.2) is 9.97 Å². The van der Waals surface area contributed by atoms with E-state index in [0.717, 1.165) is 141 Å². The van der Waals surface area contributed by atoms with Gasteiger partial charge in [-0.1, -0.05) is 150 Å². The SMILES string of the molecule is Cc1cccc(C)c1-n1c(-c2ccc3c(n2)-c2c(O)cccc2CC3)nc2c(-c3[c-]cc4oc5ccccc5c4c3)c(-c3c(-c4ccccc4)cccc3-c3ccccc3)ccc21.[Pt]. The summed E-state index contributed by atoms with van der Waals surface area (Å²) >= 11 is 0. The van der Waals surface area contributed by atoms with Crippen LogP contribution in [0.25, 0.3) is 106 Å². The zero-order valence-corrected chi connectivity index (χ0v) is 37.4. The van der Waals surface area contributed by atoms with E-state index in [2.05, 4.69) is 170 Å². The zero-order chi connectivity index (χ0) is 42.2. The van der Waals surface area contributed by atoms with Crippen molar-refractivity contribution in [3.8, 4) is 78.7 Å². The minimum Gasteiger partial charge on any atom is -0.507 e. The van der Waals surface area contributed by atoms with Crippen LogP contribution in [0.15, 0.2) is 180 Å². The second-order valence-electron chi connectivity index (χ2n) is 16.6. The Bertz CT molecular complexity index is 3530. The first-order valence-electron chi connectivity index (χ1n) is 21.5. The summed E-state index contributed by atoms with van der Waals surface area (Å²) < 4.78 is 8.66. The summed E-state index contributed by atoms with van der Waals surface area (Å²) in [5.74, 6) is 0.970. The van der Waals surface area contributed by atoms with Gasteiger partial charge in [-0.2, -0.15) is 0 Å². The van der Waals surface area contributed by atoms with Gasteiger partial charge in [0, 0.05) is 32.0 Å². The van der Waals surface area contributed by atoms with Crippen LogP contribution in [0.3, 0.4) is 0 Å². The second-order valence-corrected chi connectivity index (χ2v) is 16.6. The third kappa shape index (κ3) is 6.33. The minimum atomic E-state index is 0. The molecular weight excluding hydrogens is 966 g/mol. The second kappa shape index (κ2) is 15.8. The van der Waals surface area contributed by atoms with Crippen molar-refractivity contribution >= 4 is 33.0 Å². The van der Waals surface area contributed by atoms with Crippen molar-refractivity contribution in [2.75, 3.05) is 0 Å². The van der Waals surface area contributed by atoms with Crippen molar-refractivity contribution in [2.45, 2.75) is 26.7 Å². The number of rotatable bonds is 6. The average Bonchev–Trinajstić information content (AvgIpc) is 3.90. The third-order valence-corrected chi connectivity index (χ3v) is 12.8. The molecule has 6 heteroatoms. The van der Waals surface area contributed by atoms with Crippen LogP contribution in [-0.4, -0.2) is 19.6 Å². The van der Waals surface area contributed by atoms with Crippen LogP contribution in [-0.2, 0) is 33.9 Å². The molecule has 0 radical (unpaired) electrons. The van der Waals surface area contributed by atoms with E-state index >= 15 is 0 Å². The number of pyridine rings is 1. The molecule has 0 saturated carbocycles. The number of furan rings is 1. The maximum Gasteiger partial charge on any atom is 0.163 e. The smallest absolute Gasteiger partial charge is 0.163 e. The number of hydrogen-bond acceptors (Lipinski definition) is 4. The van der Waals surface area contributed by atoms with Crippen molar-refractivity contribution in [1.82, 2.24) is 14.5 Å². The summed E-state index contributed by atoms with van der Waals surface area (Å²) in [7, 11) is 0. The molecule has 1 N–H and O–H groups in total. The quantitative estimate of drug-likeness (QED) is 0.169. The van der Waals surface area contributed by atoms with E-state index in [9.17, 15) is 5.11 Å². The molecule has 64 heavy (non-hydrogen) atoms. The molecule has 1 aliphatic carbocycles. The maximum absolute atomic E-state index is 11.2. The van der Waals surface area contributed by atoms with Crippen LogP contribution in [0.2, 0.25) is 0 Å². The van der Waals surface area contributed by atoms with Crippen molar-refractivity contribution in [2.24, 2.45) is 0 Å². The average molecular weight is 1010 g/mol. The molecule has 0 amide bonds. The van der Waals surface area contributed by atoms with Gasteiger partial charge < -0.3 is 9.52 Å². The Labute approximate surface area is 385 Å². The van der Waals surface area contributed by atoms with E-state index in [0.29, 0.717) is 0 Å². The maximum atomic E-state index is 11.2. The summed E-state index contributed by atoms with van der Waals surface area (Å²) in [5, 5.41) is 13.3. The predicted molar refractivity (Wildman–Crippen MR) is 256 cm³/mol. The van der Waals surface area contributed by atoms with E-state index in [1.807, 2.05) is 24.3 Å². The molecular formula is C58H40N3O2Pt-. The monoisotopic (exact) mass is 1010 g/mol. The molecule has 310 valence electrons. The standard InChI is InChI=1S/C58H40N3O2.Pt/c1-35-14-11-15-36(2)57(35)61-48-32-30-45(54-42(37-16-5-3-6-17-37)22-13-23-43(54)38-18-7-4-8-19-38)52(41-29-33-51-46(34-41)44-21-9-10-25-50(44)63-51)56(48)60-58(61)47-31-28-40-27-26-39-20-12-24-49(62)53(39)55(40)59-47;/h3-25,28,30-34,62H,26-27H2,1-2H3;/q-1;. The number of para-hydroxylation sites is 2. The first kappa shape index (κ1) is 39.5. The van der Waals surface area contributed by atoms with E-state index < -0.39 is 0 Å². The number of phenols is 1. The minimum absolute atomic E-state index is 0. The van der Waals surface area contributed by atoms with Gasteiger partial charge in [0.2, 0.25) is 0 Å². The number of phenolic OH excluding ortho intramolecular Hbond substituents is 1. The summed E-state index contributed by atoms with van der Waals surface area (Å²) in [4.78, 5) is 11.2. The van der Waals surface area contributed by atoms with Gasteiger partial charge in [0.15, 0.2) is 5.82 Å². The Morgan fingerprint density at radius 2 is 1.23 bits per heavy atom. The van der Waals surface area contributed by atoms with Crippen LogP contribution < -0.4 is 0 Å². The molecule has 12 rings (SSSR count). The topological polar surface area (TPSA) is 64.1 Å². The Hall–Kier alpha value is -7.33. The van der Waals surface area contributed by atoms with Crippen LogP contribution >= 0.6 is 0 Å². The van der Waals surface area contributed by atoms with Crippen LogP contribution in [0.5, 0.6) is 5.75 Å². The fourth-order valence-corrected chi connectivity index (χ4v) is 9.92. The molecule has 3 heterocycles. The molecule has 3 aromatic heterocycles. The summed E-state index contributed by atoms with van der Waals surface area (Å²) in [6, 6.07) is 65.0. The van der Waals surface area contributed by atoms with Crippen molar-refractivity contribution < 1.29 is 30.6 Å². The van der Waals surface area contributed by atoms with Gasteiger partial charge in [-0.05, 0) is 107 Å². The predicted octanol–water partition coefficient (Wildman–Crippen LogP) is 14.5. The van der Waals surface area contributed by atoms with Gasteiger partial charge >= 0.3 is 0 Å². The molecule has 0 bridgehead atoms. The van der Waals surface area contributed by atoms with E-state index in [-0.39, 0.29) is 26.8 Å². The number of nitrogens with zero attached hydrogens (tertiary/aromatic N) is 3. The van der Waals surface area contributed by atoms with Crippen LogP contribution in [0.1, 0.15) is 22.3 Å². The van der Waals surface area contributed by atoms with Gasteiger partial charge in [-0.3, -0.25) is 4.57 Å². The molecule has 0 spiro atoms. The third-order valence-electron chi connectivity index (χ3n) is 12.8. The van der Waals surface area contributed by atoms with E-state index in [4.69, 9.17) is 14.4 Å². The Kier molecular flexibility index (Phi) is 9.74. The van der Waals surface area contributed by atoms with Crippen molar-refractivity contribution in [3.63, 3.8) is 0 Å². The molecule has 8 aromatic carbocycles. The first-order valence-corrected chi connectivity index (χ1v) is 21.5. The summed E-state index contributed by atoms with van der Waals surface area (Å²) in [6.45, 7) is 4.32. The van der Waals surface area contributed by atoms with Gasteiger partial charge in [0.1, 0.15) is 17.0 Å². The Morgan fingerprint density at radius 1 is 0.562 bits per heavy atom. The Balaban J connectivity index is 0.00000456. The summed E-state index contributed by atoms with van der Waals surface area (Å²) in [6.07, 6.45) is 1.71. The molecule has 0 saturated heterocycles. The van der Waals surface area contributed by atoms with Crippen LogP contribution in [0, 0.1) is 19.9 Å². The van der Waals surface area contributed by atoms with Gasteiger partial charge in [0.25, 0.3) is 0 Å². The number of aromatic nitrogens is 3. The number of hydrogen-bond donors (Lipinski definition) is 1. The fraction of sp³-hybridized carbons (Fsp3) is 0.0690. The zero-order valence-electron chi connectivity index (χ0n) is 35.2. The number of aryl methyl sites for hydroxylation is 4. The first-order chi connectivity index (χ1) is 31.0. The molecule has 1 aliphatic rings. The van der Waals surface area contributed by atoms with E-state index in [1.165, 1.54) is 0 Å². The normalized spacial score (nSPS) is 12.0. The number of aromatic hydroxyl groups is 1. The molecule has 0 atom stereocenters. The molecule has 0 fully saturated rings. The largest absolute Gasteiger partial charge is 0.507 e.